The van der Waals surface area contributed by atoms with Gasteiger partial charge in [0, 0.05) is 26.1 Å². The molecule has 1 fully saturated rings. The average molecular weight is 364 g/mol. The van der Waals surface area contributed by atoms with Crippen molar-refractivity contribution in [2.24, 2.45) is 0 Å². The van der Waals surface area contributed by atoms with Crippen molar-refractivity contribution < 1.29 is 14.7 Å². The number of aryl methyl sites for hydroxylation is 1. The molecular weight excluding hydrogens is 340 g/mol. The lowest BCUT2D eigenvalue weighted by Crippen LogP contribution is -2.48. The fourth-order valence-electron chi connectivity index (χ4n) is 4.02. The van der Waals surface area contributed by atoms with Gasteiger partial charge in [0.15, 0.2) is 0 Å². The average Bonchev–Trinajstić information content (AvgIpc) is 3.03. The molecule has 5 nitrogen and oxygen atoms in total. The van der Waals surface area contributed by atoms with Crippen LogP contribution in [0.5, 0.6) is 5.75 Å². The molecule has 4 rings (SSSR count). The molecule has 2 heterocycles. The standard InChI is InChI=1S/C22H24N2O3/c1-15-2-4-16(5-3-15)13-24-20(8-9-21(24)26)22(27)23-11-10-17-12-19(25)7-6-18(17)14-23/h2-7,12,20,25H,8-11,13-14H2,1H3. The van der Waals surface area contributed by atoms with Gasteiger partial charge in [-0.15, -0.1) is 0 Å². The molecule has 0 aromatic heterocycles. The third kappa shape index (κ3) is 3.54. The molecule has 27 heavy (non-hydrogen) atoms. The molecule has 0 aliphatic carbocycles. The van der Waals surface area contributed by atoms with Gasteiger partial charge < -0.3 is 14.9 Å². The summed E-state index contributed by atoms with van der Waals surface area (Å²) in [6.07, 6.45) is 1.75. The molecule has 0 spiro atoms. The van der Waals surface area contributed by atoms with Crippen LogP contribution in [0.3, 0.4) is 0 Å². The smallest absolute Gasteiger partial charge is 0.245 e. The normalized spacial score (nSPS) is 19.3. The van der Waals surface area contributed by atoms with Gasteiger partial charge in [0.25, 0.3) is 0 Å². The van der Waals surface area contributed by atoms with Gasteiger partial charge >= 0.3 is 0 Å². The van der Waals surface area contributed by atoms with E-state index in [1.165, 1.54) is 5.56 Å². The van der Waals surface area contributed by atoms with E-state index in [9.17, 15) is 14.7 Å². The molecule has 2 aliphatic heterocycles. The Morgan fingerprint density at radius 1 is 1.11 bits per heavy atom. The minimum atomic E-state index is -0.377. The summed E-state index contributed by atoms with van der Waals surface area (Å²) < 4.78 is 0. The van der Waals surface area contributed by atoms with Gasteiger partial charge in [0.2, 0.25) is 11.8 Å². The highest BCUT2D eigenvalue weighted by molar-refractivity contribution is 5.91. The number of amides is 2. The summed E-state index contributed by atoms with van der Waals surface area (Å²) in [6.45, 7) is 3.68. The highest BCUT2D eigenvalue weighted by Gasteiger charge is 2.38. The number of benzene rings is 2. The summed E-state index contributed by atoms with van der Waals surface area (Å²) >= 11 is 0. The Hall–Kier alpha value is -2.82. The van der Waals surface area contributed by atoms with Crippen LogP contribution in [0, 0.1) is 6.92 Å². The maximum Gasteiger partial charge on any atom is 0.245 e. The van der Waals surface area contributed by atoms with Crippen LogP contribution in [-0.4, -0.2) is 39.3 Å². The minimum absolute atomic E-state index is 0.0340. The zero-order valence-electron chi connectivity index (χ0n) is 15.5. The van der Waals surface area contributed by atoms with Crippen molar-refractivity contribution in [2.75, 3.05) is 6.54 Å². The van der Waals surface area contributed by atoms with E-state index in [-0.39, 0.29) is 23.6 Å². The molecule has 1 N–H and O–H groups in total. The van der Waals surface area contributed by atoms with Crippen LogP contribution in [0.25, 0.3) is 0 Å². The van der Waals surface area contributed by atoms with Crippen LogP contribution in [0.15, 0.2) is 42.5 Å². The Morgan fingerprint density at radius 2 is 1.89 bits per heavy atom. The molecule has 5 heteroatoms. The van der Waals surface area contributed by atoms with Crippen molar-refractivity contribution in [3.63, 3.8) is 0 Å². The number of hydrogen-bond acceptors (Lipinski definition) is 3. The van der Waals surface area contributed by atoms with Crippen LogP contribution in [-0.2, 0) is 29.1 Å². The zero-order valence-corrected chi connectivity index (χ0v) is 15.5. The Morgan fingerprint density at radius 3 is 2.67 bits per heavy atom. The summed E-state index contributed by atoms with van der Waals surface area (Å²) in [5.74, 6) is 0.349. The number of nitrogens with zero attached hydrogens (tertiary/aromatic N) is 2. The predicted molar refractivity (Wildman–Crippen MR) is 102 cm³/mol. The molecule has 2 amide bonds. The first-order chi connectivity index (χ1) is 13.0. The van der Waals surface area contributed by atoms with Crippen LogP contribution in [0.2, 0.25) is 0 Å². The van der Waals surface area contributed by atoms with E-state index in [4.69, 9.17) is 0 Å². The van der Waals surface area contributed by atoms with Gasteiger partial charge in [0.05, 0.1) is 0 Å². The van der Waals surface area contributed by atoms with Gasteiger partial charge in [-0.1, -0.05) is 35.9 Å². The van der Waals surface area contributed by atoms with Gasteiger partial charge in [-0.25, -0.2) is 0 Å². The molecule has 2 aliphatic rings. The van der Waals surface area contributed by atoms with E-state index in [0.717, 1.165) is 23.1 Å². The van der Waals surface area contributed by atoms with Crippen molar-refractivity contribution >= 4 is 11.8 Å². The minimum Gasteiger partial charge on any atom is -0.508 e. The first-order valence-electron chi connectivity index (χ1n) is 9.46. The Balaban J connectivity index is 1.49. The number of phenolic OH excluding ortho intramolecular Hbond substituents is 1. The molecule has 0 saturated carbocycles. The van der Waals surface area contributed by atoms with Crippen molar-refractivity contribution in [1.82, 2.24) is 9.80 Å². The number of carbonyl (C=O) groups is 2. The fourth-order valence-corrected chi connectivity index (χ4v) is 4.02. The van der Waals surface area contributed by atoms with E-state index < -0.39 is 0 Å². The van der Waals surface area contributed by atoms with Crippen molar-refractivity contribution in [3.8, 4) is 5.75 Å². The lowest BCUT2D eigenvalue weighted by molar-refractivity contribution is -0.142. The van der Waals surface area contributed by atoms with E-state index in [2.05, 4.69) is 0 Å². The molecule has 1 unspecified atom stereocenters. The van der Waals surface area contributed by atoms with E-state index >= 15 is 0 Å². The van der Waals surface area contributed by atoms with Gasteiger partial charge in [-0.3, -0.25) is 9.59 Å². The maximum atomic E-state index is 13.2. The molecule has 2 aromatic carbocycles. The number of carbonyl (C=O) groups excluding carboxylic acids is 2. The topological polar surface area (TPSA) is 60.9 Å². The molecule has 0 radical (unpaired) electrons. The highest BCUT2D eigenvalue weighted by Crippen LogP contribution is 2.27. The molecule has 140 valence electrons. The molecule has 1 saturated heterocycles. The number of aromatic hydroxyl groups is 1. The first-order valence-corrected chi connectivity index (χ1v) is 9.46. The summed E-state index contributed by atoms with van der Waals surface area (Å²) in [7, 11) is 0. The second kappa shape index (κ2) is 7.06. The zero-order chi connectivity index (χ0) is 19.0. The SMILES string of the molecule is Cc1ccc(CN2C(=O)CCC2C(=O)N2CCc3cc(O)ccc3C2)cc1. The maximum absolute atomic E-state index is 13.2. The van der Waals surface area contributed by atoms with E-state index in [1.807, 2.05) is 42.2 Å². The fraction of sp³-hybridized carbons (Fsp3) is 0.364. The number of likely N-dealkylation sites (tertiary alicyclic amines) is 1. The van der Waals surface area contributed by atoms with Crippen LogP contribution < -0.4 is 0 Å². The highest BCUT2D eigenvalue weighted by atomic mass is 16.3. The quantitative estimate of drug-likeness (QED) is 0.911. The largest absolute Gasteiger partial charge is 0.508 e. The number of rotatable bonds is 3. The summed E-state index contributed by atoms with van der Waals surface area (Å²) in [5, 5.41) is 9.63. The van der Waals surface area contributed by atoms with E-state index in [1.54, 1.807) is 17.0 Å². The van der Waals surface area contributed by atoms with Crippen LogP contribution in [0.4, 0.5) is 0 Å². The van der Waals surface area contributed by atoms with Crippen molar-refractivity contribution in [3.05, 3.63) is 64.7 Å². The Kier molecular flexibility index (Phi) is 4.60. The monoisotopic (exact) mass is 364 g/mol. The van der Waals surface area contributed by atoms with Crippen molar-refractivity contribution in [1.29, 1.82) is 0 Å². The lowest BCUT2D eigenvalue weighted by atomic mass is 9.98. The van der Waals surface area contributed by atoms with Gasteiger partial charge in [-0.2, -0.15) is 0 Å². The number of fused-ring (bicyclic) bond motifs is 1. The summed E-state index contributed by atoms with van der Waals surface area (Å²) in [5.41, 5.74) is 4.39. The molecule has 2 aromatic rings. The van der Waals surface area contributed by atoms with Crippen molar-refractivity contribution in [2.45, 2.75) is 45.3 Å². The third-order valence-corrected chi connectivity index (χ3v) is 5.60. The predicted octanol–water partition coefficient (Wildman–Crippen LogP) is 2.78. The second-order valence-corrected chi connectivity index (χ2v) is 7.52. The van der Waals surface area contributed by atoms with E-state index in [0.29, 0.717) is 32.5 Å². The van der Waals surface area contributed by atoms with Gasteiger partial charge in [-0.05, 0) is 48.6 Å². The number of hydrogen-bond donors (Lipinski definition) is 1. The van der Waals surface area contributed by atoms with Crippen LogP contribution in [0.1, 0.15) is 35.1 Å². The summed E-state index contributed by atoms with van der Waals surface area (Å²) in [4.78, 5) is 29.2. The first kappa shape index (κ1) is 17.6. The van der Waals surface area contributed by atoms with Crippen LogP contribution >= 0.6 is 0 Å². The Labute approximate surface area is 159 Å². The number of phenols is 1. The lowest BCUT2D eigenvalue weighted by Gasteiger charge is -2.33. The van der Waals surface area contributed by atoms with Gasteiger partial charge in [0.1, 0.15) is 11.8 Å². The molecule has 1 atom stereocenters. The summed E-state index contributed by atoms with van der Waals surface area (Å²) in [6, 6.07) is 13.0. The Bertz CT molecular complexity index is 876. The third-order valence-electron chi connectivity index (χ3n) is 5.60. The molecular formula is C22H24N2O3. The second-order valence-electron chi connectivity index (χ2n) is 7.52. The molecule has 0 bridgehead atoms.